The van der Waals surface area contributed by atoms with E-state index in [1.54, 1.807) is 41.2 Å². The molecule has 2 aliphatic heterocycles. The summed E-state index contributed by atoms with van der Waals surface area (Å²) in [6.07, 6.45) is 6.72. The van der Waals surface area contributed by atoms with E-state index in [-0.39, 0.29) is 35.3 Å². The highest BCUT2D eigenvalue weighted by Crippen LogP contribution is 2.65. The van der Waals surface area contributed by atoms with Crippen LogP contribution in [0.3, 0.4) is 0 Å². The molecule has 254 valence electrons. The van der Waals surface area contributed by atoms with E-state index in [0.717, 1.165) is 12.8 Å². The fourth-order valence-corrected chi connectivity index (χ4v) is 8.41. The van der Waals surface area contributed by atoms with Gasteiger partial charge in [-0.05, 0) is 61.5 Å². The summed E-state index contributed by atoms with van der Waals surface area (Å²) in [5, 5.41) is 9.58. The Morgan fingerprint density at radius 2 is 1.88 bits per heavy atom. The largest absolute Gasteiger partial charge is 0.481 e. The lowest BCUT2D eigenvalue weighted by Gasteiger charge is -2.64. The molecule has 2 aromatic heterocycles. The predicted octanol–water partition coefficient (Wildman–Crippen LogP) is 5.17. The number of pyridine rings is 1. The van der Waals surface area contributed by atoms with Crippen LogP contribution in [0.15, 0.2) is 66.2 Å². The summed E-state index contributed by atoms with van der Waals surface area (Å²) in [7, 11) is -0.810. The zero-order valence-electron chi connectivity index (χ0n) is 27.9. The van der Waals surface area contributed by atoms with Crippen LogP contribution in [0.4, 0.5) is 8.78 Å². The molecule has 3 aliphatic carbocycles. The third kappa shape index (κ3) is 5.12. The van der Waals surface area contributed by atoms with Crippen molar-refractivity contribution in [1.82, 2.24) is 20.0 Å². The number of carbonyl (C=O) groups is 2. The molecule has 4 fully saturated rings. The quantitative estimate of drug-likeness (QED) is 0.290. The summed E-state index contributed by atoms with van der Waals surface area (Å²) in [6.45, 7) is 10.4. The summed E-state index contributed by atoms with van der Waals surface area (Å²) >= 11 is 0. The Balaban J connectivity index is 1.13. The molecule has 2 bridgehead atoms. The van der Waals surface area contributed by atoms with Gasteiger partial charge in [-0.1, -0.05) is 63.2 Å². The minimum Gasteiger partial charge on any atom is -0.404 e. The van der Waals surface area contributed by atoms with Gasteiger partial charge in [-0.15, -0.1) is 0 Å². The Morgan fingerprint density at radius 3 is 2.60 bits per heavy atom. The van der Waals surface area contributed by atoms with Crippen LogP contribution in [-0.2, 0) is 24.9 Å². The normalized spacial score (nSPS) is 29.5. The number of amides is 2. The number of aromatic nitrogens is 2. The van der Waals surface area contributed by atoms with E-state index in [0.29, 0.717) is 29.5 Å². The van der Waals surface area contributed by atoms with Crippen LogP contribution < -0.4 is 10.6 Å². The maximum absolute atomic E-state index is 16.7. The Bertz CT molecular complexity index is 1750. The molecule has 5 aliphatic rings. The Labute approximate surface area is 279 Å². The molecule has 3 aromatic rings. The fraction of sp³-hybridized carbons (Fsp3) is 0.543. The number of alkyl halides is 2. The van der Waals surface area contributed by atoms with Gasteiger partial charge in [0.1, 0.15) is 5.65 Å². The molecule has 4 heterocycles. The van der Waals surface area contributed by atoms with Crippen molar-refractivity contribution in [3.05, 3.63) is 72.2 Å². The summed E-state index contributed by atoms with van der Waals surface area (Å²) in [5.74, 6) is -5.07. The lowest BCUT2D eigenvalue weighted by atomic mass is 9.43. The van der Waals surface area contributed by atoms with Crippen LogP contribution in [-0.4, -0.2) is 63.8 Å². The van der Waals surface area contributed by atoms with Crippen LogP contribution in [0.1, 0.15) is 76.2 Å². The summed E-state index contributed by atoms with van der Waals surface area (Å²) < 4.78 is 48.2. The Hall–Kier alpha value is -3.84. The minimum absolute atomic E-state index is 0.0960. The van der Waals surface area contributed by atoms with Crippen LogP contribution >= 0.6 is 0 Å². The third-order valence-electron chi connectivity index (χ3n) is 11.2. The van der Waals surface area contributed by atoms with Crippen LogP contribution in [0.25, 0.3) is 5.65 Å². The van der Waals surface area contributed by atoms with Crippen LogP contribution in [0.2, 0.25) is 0 Å². The summed E-state index contributed by atoms with van der Waals surface area (Å²) in [5.41, 5.74) is -2.66. The molecule has 2 N–H and O–H groups in total. The lowest BCUT2D eigenvalue weighted by molar-refractivity contribution is -0.207. The van der Waals surface area contributed by atoms with Crippen LogP contribution in [0.5, 0.6) is 0 Å². The van der Waals surface area contributed by atoms with Gasteiger partial charge in [0, 0.05) is 30.6 Å². The average molecular weight is 662 g/mol. The van der Waals surface area contributed by atoms with Gasteiger partial charge in [0.05, 0.1) is 35.5 Å². The van der Waals surface area contributed by atoms with Gasteiger partial charge in [0.15, 0.2) is 0 Å². The van der Waals surface area contributed by atoms with Gasteiger partial charge in [-0.3, -0.25) is 9.59 Å². The number of nitrogens with one attached hydrogen (secondary N) is 2. The molecule has 48 heavy (non-hydrogen) atoms. The van der Waals surface area contributed by atoms with Crippen molar-refractivity contribution >= 4 is 30.3 Å². The number of halogens is 2. The molecule has 1 unspecified atom stereocenters. The third-order valence-corrected chi connectivity index (χ3v) is 11.2. The van der Waals surface area contributed by atoms with Crippen molar-refractivity contribution in [2.75, 3.05) is 6.54 Å². The molecule has 2 amide bonds. The highest BCUT2D eigenvalue weighted by molar-refractivity contribution is 6.48. The van der Waals surface area contributed by atoms with E-state index >= 15 is 8.78 Å². The van der Waals surface area contributed by atoms with E-state index in [1.165, 1.54) is 24.3 Å². The molecular weight excluding hydrogens is 619 g/mol. The first-order valence-corrected chi connectivity index (χ1v) is 16.8. The number of carbonyl (C=O) groups excluding carboxylic acids is 2. The maximum Gasteiger partial charge on any atom is 0.481 e. The number of oxime groups is 1. The number of imidazole rings is 1. The standard InChI is InChI=1S/C35H42BF2N5O5/c1-21(2)16-28(36-46-27-18-23-17-26(32(23,3)4)33(27,5)47-36)41-31(45)34(35(37,38)22-10-7-6-8-11-22)19-24(42-48-34)20-40-30(44)25-12-9-14-43-15-13-39-29(25)43/h6-15,21,23,26-28H,16-20H2,1-5H3,(H,40,44)(H,41,45)/t23-,26-,27+,28-,33-,34?/m0/s1. The van der Waals surface area contributed by atoms with Gasteiger partial charge < -0.3 is 29.2 Å². The van der Waals surface area contributed by atoms with Gasteiger partial charge >= 0.3 is 13.0 Å². The Morgan fingerprint density at radius 1 is 1.10 bits per heavy atom. The second-order valence-electron chi connectivity index (χ2n) is 15.0. The van der Waals surface area contributed by atoms with E-state index < -0.39 is 48.4 Å². The van der Waals surface area contributed by atoms with Crippen molar-refractivity contribution in [1.29, 1.82) is 0 Å². The van der Waals surface area contributed by atoms with E-state index in [1.807, 2.05) is 13.8 Å². The van der Waals surface area contributed by atoms with Crippen molar-refractivity contribution in [3.63, 3.8) is 0 Å². The zero-order chi connectivity index (χ0) is 34.1. The second-order valence-corrected chi connectivity index (χ2v) is 15.0. The highest BCUT2D eigenvalue weighted by atomic mass is 19.3. The van der Waals surface area contributed by atoms with Gasteiger partial charge in [0.2, 0.25) is 0 Å². The first kappa shape index (κ1) is 32.7. The van der Waals surface area contributed by atoms with Crippen molar-refractivity contribution < 1.29 is 32.5 Å². The molecule has 1 saturated heterocycles. The highest BCUT2D eigenvalue weighted by Gasteiger charge is 2.70. The Kier molecular flexibility index (Phi) is 7.94. The summed E-state index contributed by atoms with van der Waals surface area (Å²) in [6, 6.07) is 10.4. The van der Waals surface area contributed by atoms with Crippen molar-refractivity contribution in [2.24, 2.45) is 28.3 Å². The molecule has 0 spiro atoms. The average Bonchev–Trinajstić information content (AvgIpc) is 3.80. The van der Waals surface area contributed by atoms with Gasteiger partial charge in [-0.25, -0.2) is 4.98 Å². The maximum atomic E-state index is 16.7. The molecule has 0 radical (unpaired) electrons. The zero-order valence-corrected chi connectivity index (χ0v) is 27.9. The second kappa shape index (κ2) is 11.6. The molecular formula is C35H42BF2N5O5. The van der Waals surface area contributed by atoms with E-state index in [9.17, 15) is 9.59 Å². The fourth-order valence-electron chi connectivity index (χ4n) is 8.41. The van der Waals surface area contributed by atoms with Gasteiger partial charge in [0.25, 0.3) is 17.4 Å². The lowest BCUT2D eigenvalue weighted by Crippen LogP contribution is -2.65. The SMILES string of the molecule is CC(C)C[C@H](NC(=O)C1(C(F)(F)c2ccccc2)CC(CNC(=O)c2cccn3ccnc23)=NO1)B1O[C@@H]2C[C@@H]3C[C@@H](C3(C)C)[C@]2(C)O1. The minimum atomic E-state index is -3.79. The number of hydrogen-bond donors (Lipinski definition) is 2. The molecule has 3 saturated carbocycles. The van der Waals surface area contributed by atoms with E-state index in [2.05, 4.69) is 41.5 Å². The molecule has 1 aromatic carbocycles. The number of nitrogens with zero attached hydrogens (tertiary/aromatic N) is 3. The predicted molar refractivity (Wildman–Crippen MR) is 175 cm³/mol. The monoisotopic (exact) mass is 661 g/mol. The molecule has 10 nitrogen and oxygen atoms in total. The smallest absolute Gasteiger partial charge is 0.404 e. The number of hydrogen-bond acceptors (Lipinski definition) is 7. The molecule has 6 atom stereocenters. The van der Waals surface area contributed by atoms with Crippen molar-refractivity contribution in [2.45, 2.75) is 89.5 Å². The molecule has 13 heteroatoms. The van der Waals surface area contributed by atoms with E-state index in [4.69, 9.17) is 14.1 Å². The number of rotatable bonds is 10. The number of fused-ring (bicyclic) bond motifs is 1. The topological polar surface area (TPSA) is 116 Å². The number of benzene rings is 1. The summed E-state index contributed by atoms with van der Waals surface area (Å²) in [4.78, 5) is 37.2. The molecule has 8 rings (SSSR count). The first-order chi connectivity index (χ1) is 22.8. The van der Waals surface area contributed by atoms with Gasteiger partial charge in [-0.2, -0.15) is 8.78 Å². The van der Waals surface area contributed by atoms with Crippen molar-refractivity contribution in [3.8, 4) is 0 Å². The van der Waals surface area contributed by atoms with Crippen LogP contribution in [0, 0.1) is 23.2 Å². The first-order valence-electron chi connectivity index (χ1n) is 16.8.